The number of hydrogen-bond donors (Lipinski definition) is 0. The zero-order chi connectivity index (χ0) is 20.2. The number of methoxy groups -OCH3 is 1. The number of piperazine rings is 1. The van der Waals surface area contributed by atoms with Crippen molar-refractivity contribution in [2.24, 2.45) is 0 Å². The highest BCUT2D eigenvalue weighted by molar-refractivity contribution is 6.30. The Morgan fingerprint density at radius 3 is 2.48 bits per heavy atom. The number of tetrazole rings is 1. The molecule has 0 radical (unpaired) electrons. The molecule has 0 spiro atoms. The minimum atomic E-state index is 0.647. The zero-order valence-corrected chi connectivity index (χ0v) is 17.5. The van der Waals surface area contributed by atoms with Crippen LogP contribution in [0.15, 0.2) is 42.5 Å². The van der Waals surface area contributed by atoms with Crippen LogP contribution in [0.4, 0.5) is 5.69 Å². The van der Waals surface area contributed by atoms with Gasteiger partial charge in [-0.15, -0.1) is 5.10 Å². The number of nitrogens with zero attached hydrogens (tertiary/aromatic N) is 6. The molecule has 1 fully saturated rings. The Bertz CT molecular complexity index is 950. The maximum absolute atomic E-state index is 6.19. The van der Waals surface area contributed by atoms with Gasteiger partial charge in [0.2, 0.25) is 0 Å². The SMILES string of the molecule is COc1ccc(Cn2nnnc2CN2CCN(c3cc(Cl)ccc3C)CC2)cc1. The van der Waals surface area contributed by atoms with Crippen molar-refractivity contribution in [3.63, 3.8) is 0 Å². The van der Waals surface area contributed by atoms with Gasteiger partial charge in [0, 0.05) is 36.9 Å². The Morgan fingerprint density at radius 1 is 1.00 bits per heavy atom. The molecule has 1 aliphatic rings. The molecule has 7 nitrogen and oxygen atoms in total. The molecule has 8 heteroatoms. The van der Waals surface area contributed by atoms with Gasteiger partial charge in [-0.1, -0.05) is 29.8 Å². The number of ether oxygens (including phenoxy) is 1. The average molecular weight is 413 g/mol. The molecule has 0 unspecified atom stereocenters. The van der Waals surface area contributed by atoms with Gasteiger partial charge in [0.25, 0.3) is 0 Å². The predicted molar refractivity (Wildman–Crippen MR) is 114 cm³/mol. The Balaban J connectivity index is 1.36. The van der Waals surface area contributed by atoms with Gasteiger partial charge in [0.15, 0.2) is 5.82 Å². The summed E-state index contributed by atoms with van der Waals surface area (Å²) in [6.45, 7) is 7.36. The van der Waals surface area contributed by atoms with Crippen LogP contribution in [-0.4, -0.2) is 58.4 Å². The zero-order valence-electron chi connectivity index (χ0n) is 16.8. The predicted octanol–water partition coefficient (Wildman–Crippen LogP) is 3.01. The van der Waals surface area contributed by atoms with Crippen LogP contribution in [0, 0.1) is 6.92 Å². The van der Waals surface area contributed by atoms with Crippen LogP contribution in [0.5, 0.6) is 5.75 Å². The number of hydrogen-bond acceptors (Lipinski definition) is 6. The summed E-state index contributed by atoms with van der Waals surface area (Å²) in [7, 11) is 1.67. The summed E-state index contributed by atoms with van der Waals surface area (Å²) < 4.78 is 7.09. The Kier molecular flexibility index (Phi) is 5.97. The lowest BCUT2D eigenvalue weighted by atomic mass is 10.1. The summed E-state index contributed by atoms with van der Waals surface area (Å²) in [5, 5.41) is 13.1. The molecule has 0 bridgehead atoms. The normalized spacial score (nSPS) is 14.9. The van der Waals surface area contributed by atoms with Gasteiger partial charge in [-0.2, -0.15) is 0 Å². The van der Waals surface area contributed by atoms with Crippen molar-refractivity contribution in [2.45, 2.75) is 20.0 Å². The fourth-order valence-electron chi connectivity index (χ4n) is 3.63. The molecular formula is C21H25ClN6O. The van der Waals surface area contributed by atoms with Gasteiger partial charge in [0.05, 0.1) is 20.2 Å². The number of rotatable bonds is 6. The van der Waals surface area contributed by atoms with E-state index in [1.54, 1.807) is 7.11 Å². The average Bonchev–Trinajstić information content (AvgIpc) is 3.17. The van der Waals surface area contributed by atoms with Crippen LogP contribution in [0.3, 0.4) is 0 Å². The minimum Gasteiger partial charge on any atom is -0.497 e. The maximum Gasteiger partial charge on any atom is 0.165 e. The molecule has 2 aromatic carbocycles. The number of anilines is 1. The van der Waals surface area contributed by atoms with Crippen molar-refractivity contribution < 1.29 is 4.74 Å². The van der Waals surface area contributed by atoms with E-state index in [9.17, 15) is 0 Å². The number of halogens is 1. The van der Waals surface area contributed by atoms with Crippen molar-refractivity contribution in [3.05, 3.63) is 64.4 Å². The van der Waals surface area contributed by atoms with Crippen molar-refractivity contribution in [1.82, 2.24) is 25.1 Å². The van der Waals surface area contributed by atoms with Crippen LogP contribution in [0.2, 0.25) is 5.02 Å². The van der Waals surface area contributed by atoms with Crippen LogP contribution < -0.4 is 9.64 Å². The van der Waals surface area contributed by atoms with E-state index < -0.39 is 0 Å². The molecule has 0 atom stereocenters. The van der Waals surface area contributed by atoms with Gasteiger partial charge in [0.1, 0.15) is 5.75 Å². The molecule has 1 aliphatic heterocycles. The molecule has 29 heavy (non-hydrogen) atoms. The lowest BCUT2D eigenvalue weighted by molar-refractivity contribution is 0.240. The molecule has 0 N–H and O–H groups in total. The molecule has 0 aliphatic carbocycles. The quantitative estimate of drug-likeness (QED) is 0.620. The van der Waals surface area contributed by atoms with Gasteiger partial charge in [-0.25, -0.2) is 4.68 Å². The molecule has 1 saturated heterocycles. The van der Waals surface area contributed by atoms with E-state index in [-0.39, 0.29) is 0 Å². The van der Waals surface area contributed by atoms with Crippen molar-refractivity contribution >= 4 is 17.3 Å². The van der Waals surface area contributed by atoms with E-state index in [2.05, 4.69) is 44.4 Å². The molecule has 2 heterocycles. The lowest BCUT2D eigenvalue weighted by Crippen LogP contribution is -2.46. The summed E-state index contributed by atoms with van der Waals surface area (Å²) in [6.07, 6.45) is 0. The van der Waals surface area contributed by atoms with Gasteiger partial charge >= 0.3 is 0 Å². The second-order valence-electron chi connectivity index (χ2n) is 7.29. The van der Waals surface area contributed by atoms with Crippen LogP contribution in [0.1, 0.15) is 17.0 Å². The molecule has 152 valence electrons. The van der Waals surface area contributed by atoms with Crippen molar-refractivity contribution in [1.29, 1.82) is 0 Å². The van der Waals surface area contributed by atoms with E-state index in [4.69, 9.17) is 16.3 Å². The van der Waals surface area contributed by atoms with Gasteiger partial charge in [-0.3, -0.25) is 4.90 Å². The van der Waals surface area contributed by atoms with Crippen LogP contribution in [0.25, 0.3) is 0 Å². The third kappa shape index (κ3) is 4.68. The minimum absolute atomic E-state index is 0.647. The van der Waals surface area contributed by atoms with Crippen molar-refractivity contribution in [3.8, 4) is 5.75 Å². The van der Waals surface area contributed by atoms with E-state index >= 15 is 0 Å². The van der Waals surface area contributed by atoms with E-state index in [0.717, 1.165) is 54.9 Å². The Labute approximate surface area is 175 Å². The second kappa shape index (κ2) is 8.80. The molecule has 4 rings (SSSR count). The molecule has 0 saturated carbocycles. The first-order valence-electron chi connectivity index (χ1n) is 9.74. The summed E-state index contributed by atoms with van der Waals surface area (Å²) in [5.74, 6) is 1.73. The van der Waals surface area contributed by atoms with E-state index in [1.165, 1.54) is 11.3 Å². The van der Waals surface area contributed by atoms with Crippen LogP contribution >= 0.6 is 11.6 Å². The first-order valence-corrected chi connectivity index (χ1v) is 10.1. The Hall–Kier alpha value is -2.64. The maximum atomic E-state index is 6.19. The molecule has 1 aromatic heterocycles. The van der Waals surface area contributed by atoms with E-state index in [0.29, 0.717) is 6.54 Å². The highest BCUT2D eigenvalue weighted by atomic mass is 35.5. The standard InChI is InChI=1S/C21H25ClN6O/c1-16-3-6-18(22)13-20(16)27-11-9-26(10-12-27)15-21-23-24-25-28(21)14-17-4-7-19(29-2)8-5-17/h3-8,13H,9-12,14-15H2,1-2H3. The largest absolute Gasteiger partial charge is 0.497 e. The highest BCUT2D eigenvalue weighted by Crippen LogP contribution is 2.25. The molecule has 0 amide bonds. The van der Waals surface area contributed by atoms with E-state index in [1.807, 2.05) is 35.0 Å². The fraction of sp³-hybridized carbons (Fsp3) is 0.381. The summed E-state index contributed by atoms with van der Waals surface area (Å²) in [4.78, 5) is 4.80. The first kappa shape index (κ1) is 19.7. The summed E-state index contributed by atoms with van der Waals surface area (Å²) in [5.41, 5.74) is 3.62. The second-order valence-corrected chi connectivity index (χ2v) is 7.73. The smallest absolute Gasteiger partial charge is 0.165 e. The summed E-state index contributed by atoms with van der Waals surface area (Å²) >= 11 is 6.19. The summed E-state index contributed by atoms with van der Waals surface area (Å²) in [6, 6.07) is 14.1. The number of aryl methyl sites for hydroxylation is 1. The third-order valence-electron chi connectivity index (χ3n) is 5.35. The molecule has 3 aromatic rings. The number of benzene rings is 2. The topological polar surface area (TPSA) is 59.3 Å². The highest BCUT2D eigenvalue weighted by Gasteiger charge is 2.20. The third-order valence-corrected chi connectivity index (χ3v) is 5.58. The Morgan fingerprint density at radius 2 is 1.76 bits per heavy atom. The van der Waals surface area contributed by atoms with Crippen LogP contribution in [-0.2, 0) is 13.1 Å². The van der Waals surface area contributed by atoms with Crippen molar-refractivity contribution in [2.75, 3.05) is 38.2 Å². The van der Waals surface area contributed by atoms with Gasteiger partial charge in [-0.05, 0) is 52.7 Å². The molecular weight excluding hydrogens is 388 g/mol. The lowest BCUT2D eigenvalue weighted by Gasteiger charge is -2.36. The fourth-order valence-corrected chi connectivity index (χ4v) is 3.80. The van der Waals surface area contributed by atoms with Gasteiger partial charge < -0.3 is 9.64 Å². The first-order chi connectivity index (χ1) is 14.1. The monoisotopic (exact) mass is 412 g/mol. The number of aromatic nitrogens is 4.